The van der Waals surface area contributed by atoms with Gasteiger partial charge in [0.25, 0.3) is 5.91 Å². The Hall–Kier alpha value is -1.43. The number of carbonyl (C=O) groups is 2. The van der Waals surface area contributed by atoms with Gasteiger partial charge in [0, 0.05) is 18.7 Å². The lowest BCUT2D eigenvalue weighted by molar-refractivity contribution is -0.123. The number of nitrogens with zero attached hydrogens (tertiary/aromatic N) is 1. The van der Waals surface area contributed by atoms with Crippen LogP contribution in [-0.4, -0.2) is 29.8 Å². The first-order valence-electron chi connectivity index (χ1n) is 6.02. The molecular formula is C13H14BrFN2O2. The molecule has 0 bridgehead atoms. The van der Waals surface area contributed by atoms with Crippen LogP contribution in [0.1, 0.15) is 23.2 Å². The molecule has 2 amide bonds. The molecule has 6 heteroatoms. The minimum atomic E-state index is -0.412. The fourth-order valence-electron chi connectivity index (χ4n) is 2.21. The lowest BCUT2D eigenvalue weighted by Crippen LogP contribution is -2.44. The molecule has 1 saturated heterocycles. The number of nitrogens with two attached hydrogens (primary N) is 1. The second-order valence-electron chi connectivity index (χ2n) is 4.62. The number of hydrogen-bond donors (Lipinski definition) is 1. The van der Waals surface area contributed by atoms with Crippen LogP contribution in [0.5, 0.6) is 0 Å². The van der Waals surface area contributed by atoms with Gasteiger partial charge in [0.1, 0.15) is 5.82 Å². The van der Waals surface area contributed by atoms with Crippen molar-refractivity contribution < 1.29 is 14.0 Å². The molecule has 2 N–H and O–H groups in total. The van der Waals surface area contributed by atoms with Gasteiger partial charge in [-0.3, -0.25) is 9.59 Å². The number of benzene rings is 1. The van der Waals surface area contributed by atoms with E-state index in [1.165, 1.54) is 18.2 Å². The number of hydrogen-bond acceptors (Lipinski definition) is 2. The standard InChI is InChI=1S/C13H14BrFN2O2/c14-10-6-8(3-4-11(10)15)13(19)17-5-1-2-9(7-17)12(16)18/h3-4,6,9H,1-2,5,7H2,(H2,16,18). The topological polar surface area (TPSA) is 63.4 Å². The van der Waals surface area contributed by atoms with Gasteiger partial charge in [-0.2, -0.15) is 0 Å². The Labute approximate surface area is 118 Å². The molecule has 1 aromatic rings. The van der Waals surface area contributed by atoms with Crippen LogP contribution in [0.15, 0.2) is 22.7 Å². The maximum atomic E-state index is 13.1. The summed E-state index contributed by atoms with van der Waals surface area (Å²) in [7, 11) is 0. The molecule has 1 aliphatic heterocycles. The number of rotatable bonds is 2. The van der Waals surface area contributed by atoms with E-state index in [0.717, 1.165) is 6.42 Å². The molecule has 1 atom stereocenters. The Bertz CT molecular complexity index is 521. The van der Waals surface area contributed by atoms with E-state index in [2.05, 4.69) is 15.9 Å². The van der Waals surface area contributed by atoms with Crippen LogP contribution in [0.2, 0.25) is 0 Å². The SMILES string of the molecule is NC(=O)C1CCCN(C(=O)c2ccc(F)c(Br)c2)C1. The highest BCUT2D eigenvalue weighted by Crippen LogP contribution is 2.21. The maximum Gasteiger partial charge on any atom is 0.253 e. The highest BCUT2D eigenvalue weighted by atomic mass is 79.9. The summed E-state index contributed by atoms with van der Waals surface area (Å²) in [5, 5.41) is 0. The first-order valence-corrected chi connectivity index (χ1v) is 6.82. The third-order valence-electron chi connectivity index (χ3n) is 3.28. The van der Waals surface area contributed by atoms with Crippen LogP contribution in [0, 0.1) is 11.7 Å². The molecule has 0 spiro atoms. The highest BCUT2D eigenvalue weighted by molar-refractivity contribution is 9.10. The number of piperidine rings is 1. The van der Waals surface area contributed by atoms with Gasteiger partial charge >= 0.3 is 0 Å². The zero-order valence-corrected chi connectivity index (χ0v) is 11.8. The molecular weight excluding hydrogens is 315 g/mol. The third kappa shape index (κ3) is 3.12. The Morgan fingerprint density at radius 2 is 2.16 bits per heavy atom. The molecule has 0 saturated carbocycles. The molecule has 2 rings (SSSR count). The minimum Gasteiger partial charge on any atom is -0.369 e. The van der Waals surface area contributed by atoms with Crippen molar-refractivity contribution in [1.29, 1.82) is 0 Å². The van der Waals surface area contributed by atoms with Crippen LogP contribution in [-0.2, 0) is 4.79 Å². The largest absolute Gasteiger partial charge is 0.369 e. The molecule has 4 nitrogen and oxygen atoms in total. The van der Waals surface area contributed by atoms with Crippen LogP contribution in [0.25, 0.3) is 0 Å². The second kappa shape index (κ2) is 5.69. The van der Waals surface area contributed by atoms with Gasteiger partial charge < -0.3 is 10.6 Å². The number of amides is 2. The van der Waals surface area contributed by atoms with Crippen molar-refractivity contribution in [3.8, 4) is 0 Å². The molecule has 1 heterocycles. The summed E-state index contributed by atoms with van der Waals surface area (Å²) in [4.78, 5) is 25.0. The van der Waals surface area contributed by atoms with E-state index in [9.17, 15) is 14.0 Å². The maximum absolute atomic E-state index is 13.1. The molecule has 1 aromatic carbocycles. The molecule has 102 valence electrons. The van der Waals surface area contributed by atoms with E-state index in [4.69, 9.17) is 5.73 Å². The first-order chi connectivity index (χ1) is 8.99. The summed E-state index contributed by atoms with van der Waals surface area (Å²) in [5.41, 5.74) is 5.68. The minimum absolute atomic E-state index is 0.202. The molecule has 0 radical (unpaired) electrons. The summed E-state index contributed by atoms with van der Waals surface area (Å²) in [5.74, 6) is -1.28. The van der Waals surface area contributed by atoms with Gasteiger partial charge in [-0.15, -0.1) is 0 Å². The predicted molar refractivity (Wildman–Crippen MR) is 71.9 cm³/mol. The van der Waals surface area contributed by atoms with Crippen molar-refractivity contribution in [2.45, 2.75) is 12.8 Å². The summed E-state index contributed by atoms with van der Waals surface area (Å²) in [6, 6.07) is 4.13. The van der Waals surface area contributed by atoms with Gasteiger partial charge in [-0.1, -0.05) is 0 Å². The Kier molecular flexibility index (Phi) is 4.19. The fourth-order valence-corrected chi connectivity index (χ4v) is 2.58. The first kappa shape index (κ1) is 14.0. The highest BCUT2D eigenvalue weighted by Gasteiger charge is 2.27. The van der Waals surface area contributed by atoms with Crippen LogP contribution in [0.4, 0.5) is 4.39 Å². The van der Waals surface area contributed by atoms with E-state index in [1.807, 2.05) is 0 Å². The number of halogens is 2. The van der Waals surface area contributed by atoms with E-state index in [0.29, 0.717) is 25.1 Å². The molecule has 1 unspecified atom stereocenters. The van der Waals surface area contributed by atoms with E-state index in [1.54, 1.807) is 4.90 Å². The monoisotopic (exact) mass is 328 g/mol. The van der Waals surface area contributed by atoms with Crippen molar-refractivity contribution >= 4 is 27.7 Å². The van der Waals surface area contributed by atoms with E-state index >= 15 is 0 Å². The fraction of sp³-hybridized carbons (Fsp3) is 0.385. The van der Waals surface area contributed by atoms with Gasteiger partial charge in [0.2, 0.25) is 5.91 Å². The number of primary amides is 1. The molecule has 0 aromatic heterocycles. The summed E-state index contributed by atoms with van der Waals surface area (Å²) in [6.45, 7) is 0.931. The van der Waals surface area contributed by atoms with Crippen molar-refractivity contribution in [2.75, 3.05) is 13.1 Å². The van der Waals surface area contributed by atoms with Gasteiger partial charge in [0.05, 0.1) is 10.4 Å². The average Bonchev–Trinajstić information content (AvgIpc) is 2.41. The zero-order chi connectivity index (χ0) is 14.0. The van der Waals surface area contributed by atoms with Crippen LogP contribution < -0.4 is 5.73 Å². The summed E-state index contributed by atoms with van der Waals surface area (Å²) < 4.78 is 13.4. The van der Waals surface area contributed by atoms with Gasteiger partial charge in [-0.25, -0.2) is 4.39 Å². The number of likely N-dealkylation sites (tertiary alicyclic amines) is 1. The molecule has 19 heavy (non-hydrogen) atoms. The average molecular weight is 329 g/mol. The van der Waals surface area contributed by atoms with Crippen molar-refractivity contribution in [1.82, 2.24) is 4.90 Å². The van der Waals surface area contributed by atoms with Crippen molar-refractivity contribution in [2.24, 2.45) is 11.7 Å². The van der Waals surface area contributed by atoms with Gasteiger partial charge in [-0.05, 0) is 47.0 Å². The third-order valence-corrected chi connectivity index (χ3v) is 3.89. The lowest BCUT2D eigenvalue weighted by Gasteiger charge is -2.31. The Morgan fingerprint density at radius 3 is 2.79 bits per heavy atom. The Morgan fingerprint density at radius 1 is 1.42 bits per heavy atom. The van der Waals surface area contributed by atoms with Crippen molar-refractivity contribution in [3.63, 3.8) is 0 Å². The Balaban J connectivity index is 2.14. The van der Waals surface area contributed by atoms with Crippen molar-refractivity contribution in [3.05, 3.63) is 34.1 Å². The number of carbonyl (C=O) groups excluding carboxylic acids is 2. The lowest BCUT2D eigenvalue weighted by atomic mass is 9.97. The second-order valence-corrected chi connectivity index (χ2v) is 5.48. The van der Waals surface area contributed by atoms with Gasteiger partial charge in [0.15, 0.2) is 0 Å². The van der Waals surface area contributed by atoms with E-state index in [-0.39, 0.29) is 22.2 Å². The molecule has 1 aliphatic rings. The smallest absolute Gasteiger partial charge is 0.253 e. The van der Waals surface area contributed by atoms with Crippen LogP contribution >= 0.6 is 15.9 Å². The van der Waals surface area contributed by atoms with E-state index < -0.39 is 5.82 Å². The molecule has 0 aliphatic carbocycles. The zero-order valence-electron chi connectivity index (χ0n) is 10.2. The predicted octanol–water partition coefficient (Wildman–Crippen LogP) is 1.93. The molecule has 1 fully saturated rings. The summed E-state index contributed by atoms with van der Waals surface area (Å²) >= 11 is 3.05. The quantitative estimate of drug-likeness (QED) is 0.901. The normalized spacial score (nSPS) is 19.3. The van der Waals surface area contributed by atoms with Crippen LogP contribution in [0.3, 0.4) is 0 Å². The summed E-state index contributed by atoms with van der Waals surface area (Å²) in [6.07, 6.45) is 1.47.